The van der Waals surface area contributed by atoms with E-state index in [4.69, 9.17) is 0 Å². The maximum Gasteiger partial charge on any atom is 0.194 e. The maximum absolute atomic E-state index is 13.6. The van der Waals surface area contributed by atoms with Crippen LogP contribution in [0.4, 0.5) is 13.2 Å². The van der Waals surface area contributed by atoms with Crippen LogP contribution >= 0.6 is 0 Å². The predicted octanol–water partition coefficient (Wildman–Crippen LogP) is 8.58. The summed E-state index contributed by atoms with van der Waals surface area (Å²) in [6.07, 6.45) is 12.5. The van der Waals surface area contributed by atoms with Gasteiger partial charge in [-0.3, -0.25) is 0 Å². The van der Waals surface area contributed by atoms with E-state index in [1.165, 1.54) is 69.8 Å². The second-order valence-corrected chi connectivity index (χ2v) is 8.96. The number of rotatable bonds is 8. The Morgan fingerprint density at radius 3 is 2.07 bits per heavy atom. The molecular weight excluding hydrogens is 369 g/mol. The molecule has 0 heterocycles. The van der Waals surface area contributed by atoms with Crippen molar-refractivity contribution in [2.75, 3.05) is 0 Å². The van der Waals surface area contributed by atoms with E-state index in [0.717, 1.165) is 18.1 Å². The maximum atomic E-state index is 13.6. The summed E-state index contributed by atoms with van der Waals surface area (Å²) in [7, 11) is 0. The molecule has 1 aliphatic rings. The predicted molar refractivity (Wildman–Crippen MR) is 114 cm³/mol. The van der Waals surface area contributed by atoms with Crippen molar-refractivity contribution in [1.82, 2.24) is 0 Å². The molecule has 0 nitrogen and oxygen atoms in total. The third-order valence-electron chi connectivity index (χ3n) is 6.76. The molecule has 3 heteroatoms. The fraction of sp³-hybridized carbons (Fsp3) is 0.538. The van der Waals surface area contributed by atoms with Crippen molar-refractivity contribution in [3.05, 3.63) is 59.4 Å². The molecule has 0 aromatic heterocycles. The zero-order chi connectivity index (χ0) is 20.9. The normalized spacial score (nSPS) is 17.3. The van der Waals surface area contributed by atoms with E-state index in [2.05, 4.69) is 26.0 Å². The summed E-state index contributed by atoms with van der Waals surface area (Å²) >= 11 is 0. The molecular formula is C26H33F3. The summed E-state index contributed by atoms with van der Waals surface area (Å²) in [5.74, 6) is -2.92. The number of benzene rings is 2. The van der Waals surface area contributed by atoms with E-state index in [0.29, 0.717) is 11.1 Å². The highest BCUT2D eigenvalue weighted by Crippen LogP contribution is 2.44. The van der Waals surface area contributed by atoms with Crippen molar-refractivity contribution in [2.45, 2.75) is 83.5 Å². The van der Waals surface area contributed by atoms with Crippen molar-refractivity contribution < 1.29 is 13.2 Å². The first-order chi connectivity index (χ1) is 13.9. The van der Waals surface area contributed by atoms with Crippen LogP contribution in [0.15, 0.2) is 36.4 Å². The Balaban J connectivity index is 1.78. The van der Waals surface area contributed by atoms with Gasteiger partial charge in [-0.15, -0.1) is 0 Å². The average Bonchev–Trinajstić information content (AvgIpc) is 2.72. The van der Waals surface area contributed by atoms with Gasteiger partial charge in [0.15, 0.2) is 17.5 Å². The Bertz CT molecular complexity index is 765. The van der Waals surface area contributed by atoms with Crippen molar-refractivity contribution in [1.29, 1.82) is 0 Å². The lowest BCUT2D eigenvalue weighted by Crippen LogP contribution is -2.29. The molecule has 0 amide bonds. The summed E-state index contributed by atoms with van der Waals surface area (Å²) in [4.78, 5) is 0. The largest absolute Gasteiger partial charge is 0.204 e. The monoisotopic (exact) mass is 402 g/mol. The van der Waals surface area contributed by atoms with Crippen LogP contribution in [-0.2, 0) is 5.41 Å². The second kappa shape index (κ2) is 9.82. The van der Waals surface area contributed by atoms with Crippen LogP contribution in [0.3, 0.4) is 0 Å². The van der Waals surface area contributed by atoms with Crippen LogP contribution in [0.1, 0.15) is 83.6 Å². The summed E-state index contributed by atoms with van der Waals surface area (Å²) in [5.41, 5.74) is 2.66. The van der Waals surface area contributed by atoms with Gasteiger partial charge >= 0.3 is 0 Å². The van der Waals surface area contributed by atoms with Crippen LogP contribution in [0.5, 0.6) is 0 Å². The zero-order valence-corrected chi connectivity index (χ0v) is 17.7. The van der Waals surface area contributed by atoms with Crippen LogP contribution in [0.2, 0.25) is 0 Å². The van der Waals surface area contributed by atoms with Crippen LogP contribution < -0.4 is 0 Å². The van der Waals surface area contributed by atoms with E-state index < -0.39 is 17.5 Å². The smallest absolute Gasteiger partial charge is 0.194 e. The van der Waals surface area contributed by atoms with Crippen LogP contribution in [-0.4, -0.2) is 0 Å². The summed E-state index contributed by atoms with van der Waals surface area (Å²) in [5, 5.41) is 0. The van der Waals surface area contributed by atoms with Gasteiger partial charge in [0, 0.05) is 0 Å². The highest BCUT2D eigenvalue weighted by atomic mass is 19.2. The number of hydrogen-bond donors (Lipinski definition) is 0. The highest BCUT2D eigenvalue weighted by Gasteiger charge is 2.33. The van der Waals surface area contributed by atoms with Crippen LogP contribution in [0.25, 0.3) is 11.1 Å². The van der Waals surface area contributed by atoms with Gasteiger partial charge in [-0.2, -0.15) is 0 Å². The fourth-order valence-corrected chi connectivity index (χ4v) is 5.08. The molecule has 3 rings (SSSR count). The first kappa shape index (κ1) is 21.9. The first-order valence-electron chi connectivity index (χ1n) is 11.2. The Labute approximate surface area is 173 Å². The molecule has 1 aliphatic carbocycles. The third kappa shape index (κ3) is 5.24. The zero-order valence-electron chi connectivity index (χ0n) is 17.7. The molecule has 0 aliphatic heterocycles. The third-order valence-corrected chi connectivity index (χ3v) is 6.76. The molecule has 29 heavy (non-hydrogen) atoms. The molecule has 1 unspecified atom stereocenters. The summed E-state index contributed by atoms with van der Waals surface area (Å²) in [6, 6.07) is 10.2. The average molecular weight is 403 g/mol. The molecule has 0 radical (unpaired) electrons. The fourth-order valence-electron chi connectivity index (χ4n) is 5.08. The van der Waals surface area contributed by atoms with Crippen molar-refractivity contribution in [2.24, 2.45) is 5.92 Å². The summed E-state index contributed by atoms with van der Waals surface area (Å²) < 4.78 is 40.5. The molecule has 1 atom stereocenters. The molecule has 2 aromatic rings. The minimum atomic E-state index is -1.41. The van der Waals surface area contributed by atoms with E-state index in [1.807, 2.05) is 12.1 Å². The standard InChI is InChI=1S/C26H33F3/c1-3-8-19(2)9-7-16-26(14-5-4-6-15-26)22-12-10-20(11-13-22)21-17-23(27)25(29)24(28)18-21/h10-13,17-19H,3-9,14-16H2,1-2H3. The Hall–Kier alpha value is -1.77. The van der Waals surface area contributed by atoms with Crippen molar-refractivity contribution in [3.8, 4) is 11.1 Å². The number of halogens is 3. The molecule has 1 saturated carbocycles. The van der Waals surface area contributed by atoms with Gasteiger partial charge in [0.2, 0.25) is 0 Å². The van der Waals surface area contributed by atoms with Crippen molar-refractivity contribution >= 4 is 0 Å². The van der Waals surface area contributed by atoms with Gasteiger partial charge in [-0.25, -0.2) is 13.2 Å². The molecule has 158 valence electrons. The van der Waals surface area contributed by atoms with Gasteiger partial charge in [0.25, 0.3) is 0 Å². The van der Waals surface area contributed by atoms with E-state index >= 15 is 0 Å². The van der Waals surface area contributed by atoms with Gasteiger partial charge in [-0.1, -0.05) is 83.1 Å². The van der Waals surface area contributed by atoms with E-state index in [9.17, 15) is 13.2 Å². The lowest BCUT2D eigenvalue weighted by Gasteiger charge is -2.38. The van der Waals surface area contributed by atoms with Gasteiger partial charge < -0.3 is 0 Å². The van der Waals surface area contributed by atoms with Gasteiger partial charge in [0.1, 0.15) is 0 Å². The molecule has 0 spiro atoms. The molecule has 0 saturated heterocycles. The Kier molecular flexibility index (Phi) is 7.43. The minimum absolute atomic E-state index is 0.224. The first-order valence-corrected chi connectivity index (χ1v) is 11.2. The van der Waals surface area contributed by atoms with Gasteiger partial charge in [0.05, 0.1) is 0 Å². The lowest BCUT2D eigenvalue weighted by molar-refractivity contribution is 0.259. The lowest BCUT2D eigenvalue weighted by atomic mass is 9.66. The quantitative estimate of drug-likeness (QED) is 0.388. The molecule has 1 fully saturated rings. The Morgan fingerprint density at radius 1 is 0.862 bits per heavy atom. The number of hydrogen-bond acceptors (Lipinski definition) is 0. The summed E-state index contributed by atoms with van der Waals surface area (Å²) in [6.45, 7) is 4.60. The van der Waals surface area contributed by atoms with E-state index in [1.54, 1.807) is 0 Å². The van der Waals surface area contributed by atoms with Gasteiger partial charge in [-0.05, 0) is 59.4 Å². The Morgan fingerprint density at radius 2 is 1.48 bits per heavy atom. The highest BCUT2D eigenvalue weighted by molar-refractivity contribution is 5.64. The van der Waals surface area contributed by atoms with Crippen molar-refractivity contribution in [3.63, 3.8) is 0 Å². The molecule has 0 bridgehead atoms. The molecule has 2 aromatic carbocycles. The second-order valence-electron chi connectivity index (χ2n) is 8.96. The van der Waals surface area contributed by atoms with E-state index in [-0.39, 0.29) is 5.41 Å². The topological polar surface area (TPSA) is 0 Å². The minimum Gasteiger partial charge on any atom is -0.204 e. The molecule has 0 N–H and O–H groups in total. The van der Waals surface area contributed by atoms with Crippen LogP contribution in [0, 0.1) is 23.4 Å². The SMILES string of the molecule is CCCC(C)CCCC1(c2ccc(-c3cc(F)c(F)c(F)c3)cc2)CCCCC1.